The summed E-state index contributed by atoms with van der Waals surface area (Å²) in [6, 6.07) is 2.24. The number of hydrogen-bond donors (Lipinski definition) is 1. The van der Waals surface area contributed by atoms with Crippen molar-refractivity contribution < 1.29 is 0 Å². The molecule has 1 unspecified atom stereocenters. The molecular formula is C13H22BrNS. The van der Waals surface area contributed by atoms with Crippen molar-refractivity contribution in [1.82, 2.24) is 5.32 Å². The molecule has 0 saturated heterocycles. The molecule has 0 aliphatic rings. The maximum Gasteiger partial charge on any atom is 0.0285 e. The lowest BCUT2D eigenvalue weighted by Gasteiger charge is -2.13. The van der Waals surface area contributed by atoms with E-state index in [1.165, 1.54) is 22.2 Å². The molecule has 1 aromatic heterocycles. The Morgan fingerprint density at radius 3 is 2.62 bits per heavy atom. The van der Waals surface area contributed by atoms with Crippen LogP contribution in [0.25, 0.3) is 0 Å². The summed E-state index contributed by atoms with van der Waals surface area (Å²) in [7, 11) is 0. The maximum absolute atomic E-state index is 3.52. The fraction of sp³-hybridized carbons (Fsp3) is 0.692. The maximum atomic E-state index is 3.52. The Balaban J connectivity index is 2.12. The average Bonchev–Trinajstić information content (AvgIpc) is 2.61. The number of halogens is 1. The number of nitrogens with one attached hydrogen (secondary N) is 1. The Morgan fingerprint density at radius 1 is 1.31 bits per heavy atom. The lowest BCUT2D eigenvalue weighted by Crippen LogP contribution is -2.25. The van der Waals surface area contributed by atoms with Gasteiger partial charge in [0.1, 0.15) is 0 Å². The molecule has 0 aliphatic carbocycles. The van der Waals surface area contributed by atoms with Crippen LogP contribution in [0.4, 0.5) is 0 Å². The van der Waals surface area contributed by atoms with Gasteiger partial charge in [0.25, 0.3) is 0 Å². The zero-order chi connectivity index (χ0) is 12.0. The van der Waals surface area contributed by atoms with Crippen LogP contribution in [0.3, 0.4) is 0 Å². The predicted octanol–water partition coefficient (Wildman–Crippen LogP) is 4.32. The quantitative estimate of drug-likeness (QED) is 0.791. The van der Waals surface area contributed by atoms with Gasteiger partial charge >= 0.3 is 0 Å². The van der Waals surface area contributed by atoms with Crippen LogP contribution in [0, 0.1) is 11.8 Å². The molecule has 3 heteroatoms. The summed E-state index contributed by atoms with van der Waals surface area (Å²) in [6.07, 6.45) is 2.48. The summed E-state index contributed by atoms with van der Waals surface area (Å²) < 4.78 is 1.22. The predicted molar refractivity (Wildman–Crippen MR) is 77.2 cm³/mol. The molecule has 0 radical (unpaired) electrons. The molecule has 1 nitrogen and oxygen atoms in total. The SMILES string of the molecule is CC(C)CNCC(C)CCc1cc(Br)cs1. The van der Waals surface area contributed by atoms with Gasteiger partial charge in [-0.3, -0.25) is 0 Å². The lowest BCUT2D eigenvalue weighted by molar-refractivity contribution is 0.455. The van der Waals surface area contributed by atoms with Gasteiger partial charge < -0.3 is 5.32 Å². The highest BCUT2D eigenvalue weighted by Crippen LogP contribution is 2.22. The van der Waals surface area contributed by atoms with E-state index in [9.17, 15) is 0 Å². The summed E-state index contributed by atoms with van der Waals surface area (Å²) in [6.45, 7) is 9.11. The second kappa shape index (κ2) is 7.46. The van der Waals surface area contributed by atoms with Gasteiger partial charge in [-0.2, -0.15) is 0 Å². The van der Waals surface area contributed by atoms with E-state index < -0.39 is 0 Å². The van der Waals surface area contributed by atoms with Crippen LogP contribution in [0.5, 0.6) is 0 Å². The van der Waals surface area contributed by atoms with Crippen molar-refractivity contribution in [2.45, 2.75) is 33.6 Å². The van der Waals surface area contributed by atoms with Crippen molar-refractivity contribution >= 4 is 27.3 Å². The van der Waals surface area contributed by atoms with Crippen LogP contribution in [0.15, 0.2) is 15.9 Å². The molecule has 1 rings (SSSR count). The van der Waals surface area contributed by atoms with Crippen LogP contribution < -0.4 is 5.32 Å². The van der Waals surface area contributed by atoms with Gasteiger partial charge in [0, 0.05) is 14.7 Å². The molecule has 0 fully saturated rings. The van der Waals surface area contributed by atoms with E-state index in [4.69, 9.17) is 0 Å². The van der Waals surface area contributed by atoms with Gasteiger partial charge in [-0.15, -0.1) is 11.3 Å². The fourth-order valence-corrected chi connectivity index (χ4v) is 3.06. The Morgan fingerprint density at radius 2 is 2.06 bits per heavy atom. The number of rotatable bonds is 7. The molecule has 0 amide bonds. The smallest absolute Gasteiger partial charge is 0.0285 e. The first kappa shape index (κ1) is 14.2. The first-order valence-corrected chi connectivity index (χ1v) is 7.68. The van der Waals surface area contributed by atoms with Crippen molar-refractivity contribution in [3.8, 4) is 0 Å². The van der Waals surface area contributed by atoms with Crippen LogP contribution in [0.1, 0.15) is 32.1 Å². The molecule has 0 aromatic carbocycles. The highest BCUT2D eigenvalue weighted by molar-refractivity contribution is 9.10. The van der Waals surface area contributed by atoms with Crippen molar-refractivity contribution in [3.05, 3.63) is 20.8 Å². The zero-order valence-electron chi connectivity index (χ0n) is 10.4. The van der Waals surface area contributed by atoms with Crippen molar-refractivity contribution in [2.75, 3.05) is 13.1 Å². The molecule has 92 valence electrons. The normalized spacial score (nSPS) is 13.3. The Bertz CT molecular complexity index is 296. The summed E-state index contributed by atoms with van der Waals surface area (Å²) in [5.41, 5.74) is 0. The number of thiophene rings is 1. The minimum Gasteiger partial charge on any atom is -0.316 e. The molecule has 1 atom stereocenters. The molecule has 0 saturated carbocycles. The van der Waals surface area contributed by atoms with Gasteiger partial charge in [0.05, 0.1) is 0 Å². The first-order valence-electron chi connectivity index (χ1n) is 6.01. The average molecular weight is 304 g/mol. The molecule has 1 N–H and O–H groups in total. The van der Waals surface area contributed by atoms with Gasteiger partial charge in [-0.05, 0) is 59.8 Å². The van der Waals surface area contributed by atoms with Gasteiger partial charge in [-0.1, -0.05) is 20.8 Å². The van der Waals surface area contributed by atoms with E-state index >= 15 is 0 Å². The van der Waals surface area contributed by atoms with Crippen LogP contribution in [0.2, 0.25) is 0 Å². The Kier molecular flexibility index (Phi) is 6.62. The van der Waals surface area contributed by atoms with E-state index in [1.807, 2.05) is 11.3 Å². The minimum atomic E-state index is 0.750. The molecule has 0 bridgehead atoms. The van der Waals surface area contributed by atoms with E-state index in [0.29, 0.717) is 0 Å². The van der Waals surface area contributed by atoms with E-state index in [1.54, 1.807) is 0 Å². The van der Waals surface area contributed by atoms with Crippen LogP contribution >= 0.6 is 27.3 Å². The topological polar surface area (TPSA) is 12.0 Å². The molecule has 0 aliphatic heterocycles. The minimum absolute atomic E-state index is 0.750. The molecule has 1 heterocycles. The van der Waals surface area contributed by atoms with Crippen molar-refractivity contribution in [1.29, 1.82) is 0 Å². The third-order valence-electron chi connectivity index (χ3n) is 2.55. The fourth-order valence-electron chi connectivity index (χ4n) is 1.59. The van der Waals surface area contributed by atoms with E-state index in [2.05, 4.69) is 53.5 Å². The van der Waals surface area contributed by atoms with Gasteiger partial charge in [-0.25, -0.2) is 0 Å². The van der Waals surface area contributed by atoms with Crippen LogP contribution in [-0.2, 0) is 6.42 Å². The Labute approximate surface area is 112 Å². The van der Waals surface area contributed by atoms with Gasteiger partial charge in [0.2, 0.25) is 0 Å². The molecule has 0 spiro atoms. The van der Waals surface area contributed by atoms with Crippen molar-refractivity contribution in [2.24, 2.45) is 11.8 Å². The van der Waals surface area contributed by atoms with Crippen molar-refractivity contribution in [3.63, 3.8) is 0 Å². The molecule has 1 aromatic rings. The number of hydrogen-bond acceptors (Lipinski definition) is 2. The molecule has 16 heavy (non-hydrogen) atoms. The highest BCUT2D eigenvalue weighted by atomic mass is 79.9. The number of aryl methyl sites for hydroxylation is 1. The molecular weight excluding hydrogens is 282 g/mol. The summed E-state index contributed by atoms with van der Waals surface area (Å²) in [5, 5.41) is 5.68. The summed E-state index contributed by atoms with van der Waals surface area (Å²) in [5.74, 6) is 1.51. The Hall–Kier alpha value is 0.140. The summed E-state index contributed by atoms with van der Waals surface area (Å²) >= 11 is 5.35. The van der Waals surface area contributed by atoms with E-state index in [0.717, 1.165) is 24.9 Å². The van der Waals surface area contributed by atoms with Gasteiger partial charge in [0.15, 0.2) is 0 Å². The monoisotopic (exact) mass is 303 g/mol. The first-order chi connectivity index (χ1) is 7.58. The highest BCUT2D eigenvalue weighted by Gasteiger charge is 2.04. The lowest BCUT2D eigenvalue weighted by atomic mass is 10.0. The third-order valence-corrected chi connectivity index (χ3v) is 4.31. The second-order valence-corrected chi connectivity index (χ2v) is 6.84. The van der Waals surface area contributed by atoms with Crippen LogP contribution in [-0.4, -0.2) is 13.1 Å². The zero-order valence-corrected chi connectivity index (χ0v) is 12.8. The van der Waals surface area contributed by atoms with E-state index in [-0.39, 0.29) is 0 Å². The standard InChI is InChI=1S/C13H22BrNS/c1-10(2)7-15-8-11(3)4-5-13-6-12(14)9-16-13/h6,9-11,15H,4-5,7-8H2,1-3H3. The third kappa shape index (κ3) is 6.02. The second-order valence-electron chi connectivity index (χ2n) is 4.93. The largest absolute Gasteiger partial charge is 0.316 e. The summed E-state index contributed by atoms with van der Waals surface area (Å²) in [4.78, 5) is 1.49.